The molecule has 0 spiro atoms. The predicted molar refractivity (Wildman–Crippen MR) is 91.0 cm³/mol. The number of hydrogen-bond acceptors (Lipinski definition) is 1. The Hall–Kier alpha value is -1.000. The molecule has 0 fully saturated rings. The lowest BCUT2D eigenvalue weighted by atomic mass is 10.2. The Morgan fingerprint density at radius 3 is 2.55 bits per heavy atom. The van der Waals surface area contributed by atoms with E-state index >= 15 is 0 Å². The third-order valence-electron chi connectivity index (χ3n) is 2.54. The zero-order valence-corrected chi connectivity index (χ0v) is 13.4. The molecule has 2 nitrogen and oxygen atoms in total. The Bertz CT molecular complexity index is 632. The Balaban J connectivity index is 1.94. The normalized spacial score (nSPS) is 10.2. The van der Waals surface area contributed by atoms with Crippen LogP contribution in [0.3, 0.4) is 0 Å². The van der Waals surface area contributed by atoms with Crippen LogP contribution < -0.4 is 10.6 Å². The zero-order valence-electron chi connectivity index (χ0n) is 10.3. The number of hydrogen-bond donors (Lipinski definition) is 2. The predicted octanol–water partition coefficient (Wildman–Crippen LogP) is 5.13. The molecule has 0 saturated heterocycles. The number of nitrogens with one attached hydrogen (secondary N) is 2. The SMILES string of the molecule is S=C(NCc1cccc(Cl)c1)Nc1cccc(Cl)c1Cl. The second kappa shape index (κ2) is 7.14. The molecule has 0 aromatic heterocycles. The highest BCUT2D eigenvalue weighted by molar-refractivity contribution is 7.80. The second-order valence-corrected chi connectivity index (χ2v) is 5.67. The first-order chi connectivity index (χ1) is 9.56. The summed E-state index contributed by atoms with van der Waals surface area (Å²) in [6.07, 6.45) is 0. The average molecular weight is 346 g/mol. The van der Waals surface area contributed by atoms with E-state index in [0.29, 0.717) is 32.4 Å². The highest BCUT2D eigenvalue weighted by atomic mass is 35.5. The molecule has 0 atom stereocenters. The maximum Gasteiger partial charge on any atom is 0.171 e. The molecule has 0 radical (unpaired) electrons. The Morgan fingerprint density at radius 1 is 1.05 bits per heavy atom. The maximum absolute atomic E-state index is 6.08. The summed E-state index contributed by atoms with van der Waals surface area (Å²) in [4.78, 5) is 0. The van der Waals surface area contributed by atoms with Gasteiger partial charge in [0.1, 0.15) is 0 Å². The van der Waals surface area contributed by atoms with Gasteiger partial charge in [0.25, 0.3) is 0 Å². The fourth-order valence-electron chi connectivity index (χ4n) is 1.60. The first kappa shape index (κ1) is 15.4. The lowest BCUT2D eigenvalue weighted by Crippen LogP contribution is -2.28. The molecule has 0 saturated carbocycles. The fraction of sp³-hybridized carbons (Fsp3) is 0.0714. The molecule has 0 bridgehead atoms. The van der Waals surface area contributed by atoms with Gasteiger partial charge in [-0.15, -0.1) is 0 Å². The summed E-state index contributed by atoms with van der Waals surface area (Å²) < 4.78 is 0. The van der Waals surface area contributed by atoms with Crippen molar-refractivity contribution in [1.82, 2.24) is 5.32 Å². The monoisotopic (exact) mass is 344 g/mol. The van der Waals surface area contributed by atoms with Crippen molar-refractivity contribution in [2.75, 3.05) is 5.32 Å². The van der Waals surface area contributed by atoms with Crippen molar-refractivity contribution in [2.45, 2.75) is 6.54 Å². The molecule has 104 valence electrons. The van der Waals surface area contributed by atoms with Gasteiger partial charge in [0.05, 0.1) is 15.7 Å². The van der Waals surface area contributed by atoms with Crippen molar-refractivity contribution < 1.29 is 0 Å². The van der Waals surface area contributed by atoms with Gasteiger partial charge in [-0.1, -0.05) is 53.0 Å². The summed E-state index contributed by atoms with van der Waals surface area (Å²) in [5, 5.41) is 8.18. The minimum absolute atomic E-state index is 0.445. The molecule has 0 aliphatic rings. The molecule has 20 heavy (non-hydrogen) atoms. The van der Waals surface area contributed by atoms with Crippen molar-refractivity contribution in [2.24, 2.45) is 0 Å². The molecule has 2 aromatic rings. The van der Waals surface area contributed by atoms with Crippen LogP contribution >= 0.6 is 47.0 Å². The first-order valence-electron chi connectivity index (χ1n) is 5.79. The third kappa shape index (κ3) is 4.25. The van der Waals surface area contributed by atoms with Gasteiger partial charge in [-0.25, -0.2) is 0 Å². The summed E-state index contributed by atoms with van der Waals surface area (Å²) in [6.45, 7) is 0.574. The fourth-order valence-corrected chi connectivity index (χ4v) is 2.34. The Labute approximate surface area is 138 Å². The minimum Gasteiger partial charge on any atom is -0.358 e. The number of anilines is 1. The molecule has 6 heteroatoms. The molecule has 2 rings (SSSR count). The molecular weight excluding hydrogens is 335 g/mol. The largest absolute Gasteiger partial charge is 0.358 e. The highest BCUT2D eigenvalue weighted by Gasteiger charge is 2.05. The summed E-state index contributed by atoms with van der Waals surface area (Å²) in [5.74, 6) is 0. The van der Waals surface area contributed by atoms with Gasteiger partial charge < -0.3 is 10.6 Å². The van der Waals surface area contributed by atoms with Gasteiger partial charge in [-0.2, -0.15) is 0 Å². The van der Waals surface area contributed by atoms with Crippen LogP contribution in [-0.2, 0) is 6.54 Å². The van der Waals surface area contributed by atoms with E-state index in [-0.39, 0.29) is 0 Å². The summed E-state index contributed by atoms with van der Waals surface area (Å²) in [7, 11) is 0. The van der Waals surface area contributed by atoms with Crippen LogP contribution in [-0.4, -0.2) is 5.11 Å². The second-order valence-electron chi connectivity index (χ2n) is 4.04. The van der Waals surface area contributed by atoms with Crippen LogP contribution in [0.15, 0.2) is 42.5 Å². The van der Waals surface area contributed by atoms with Gasteiger partial charge in [0, 0.05) is 11.6 Å². The van der Waals surface area contributed by atoms with Crippen molar-refractivity contribution in [3.05, 3.63) is 63.1 Å². The summed E-state index contributed by atoms with van der Waals surface area (Å²) in [5.41, 5.74) is 1.71. The van der Waals surface area contributed by atoms with E-state index in [1.807, 2.05) is 30.3 Å². The van der Waals surface area contributed by atoms with Gasteiger partial charge >= 0.3 is 0 Å². The number of rotatable bonds is 3. The third-order valence-corrected chi connectivity index (χ3v) is 3.84. The lowest BCUT2D eigenvalue weighted by molar-refractivity contribution is 0.926. The first-order valence-corrected chi connectivity index (χ1v) is 7.34. The van der Waals surface area contributed by atoms with Gasteiger partial charge in [-0.05, 0) is 42.0 Å². The van der Waals surface area contributed by atoms with E-state index in [9.17, 15) is 0 Å². The highest BCUT2D eigenvalue weighted by Crippen LogP contribution is 2.29. The van der Waals surface area contributed by atoms with Crippen molar-refractivity contribution in [3.63, 3.8) is 0 Å². The Morgan fingerprint density at radius 2 is 1.80 bits per heavy atom. The molecule has 2 aromatic carbocycles. The maximum atomic E-state index is 6.08. The van der Waals surface area contributed by atoms with Crippen molar-refractivity contribution in [1.29, 1.82) is 0 Å². The molecule has 0 aliphatic heterocycles. The summed E-state index contributed by atoms with van der Waals surface area (Å²) in [6, 6.07) is 12.9. The van der Waals surface area contributed by atoms with Crippen molar-refractivity contribution in [3.8, 4) is 0 Å². The van der Waals surface area contributed by atoms with Gasteiger partial charge in [0.2, 0.25) is 0 Å². The van der Waals surface area contributed by atoms with Crippen LogP contribution in [0.4, 0.5) is 5.69 Å². The summed E-state index contributed by atoms with van der Waals surface area (Å²) >= 11 is 23.1. The minimum atomic E-state index is 0.445. The van der Waals surface area contributed by atoms with E-state index in [1.165, 1.54) is 0 Å². The zero-order chi connectivity index (χ0) is 14.5. The number of halogens is 3. The van der Waals surface area contributed by atoms with Gasteiger partial charge in [-0.3, -0.25) is 0 Å². The van der Waals surface area contributed by atoms with Gasteiger partial charge in [0.15, 0.2) is 5.11 Å². The lowest BCUT2D eigenvalue weighted by Gasteiger charge is -2.12. The van der Waals surface area contributed by atoms with E-state index < -0.39 is 0 Å². The average Bonchev–Trinajstić information content (AvgIpc) is 2.42. The van der Waals surface area contributed by atoms with Crippen LogP contribution in [0.5, 0.6) is 0 Å². The van der Waals surface area contributed by atoms with Crippen molar-refractivity contribution >= 4 is 57.8 Å². The molecule has 0 heterocycles. The van der Waals surface area contributed by atoms with Crippen LogP contribution in [0, 0.1) is 0 Å². The topological polar surface area (TPSA) is 24.1 Å². The van der Waals surface area contributed by atoms with Crippen LogP contribution in [0.1, 0.15) is 5.56 Å². The van der Waals surface area contributed by atoms with E-state index in [2.05, 4.69) is 10.6 Å². The molecule has 0 amide bonds. The van der Waals surface area contributed by atoms with E-state index in [0.717, 1.165) is 5.56 Å². The Kier molecular flexibility index (Phi) is 5.49. The molecular formula is C14H11Cl3N2S. The number of thiocarbonyl (C=S) groups is 1. The quantitative estimate of drug-likeness (QED) is 0.754. The molecule has 0 unspecified atom stereocenters. The molecule has 2 N–H and O–H groups in total. The molecule has 0 aliphatic carbocycles. The smallest absolute Gasteiger partial charge is 0.171 e. The van der Waals surface area contributed by atoms with E-state index in [4.69, 9.17) is 47.0 Å². The van der Waals surface area contributed by atoms with E-state index in [1.54, 1.807) is 12.1 Å². The number of benzene rings is 2. The standard InChI is InChI=1S/C14H11Cl3N2S/c15-10-4-1-3-9(7-10)8-18-14(20)19-12-6-2-5-11(16)13(12)17/h1-7H,8H2,(H2,18,19,20). The van der Waals surface area contributed by atoms with Crippen LogP contribution in [0.2, 0.25) is 15.1 Å². The van der Waals surface area contributed by atoms with Crippen LogP contribution in [0.25, 0.3) is 0 Å².